The van der Waals surface area contributed by atoms with E-state index in [1.54, 1.807) is 6.20 Å². The van der Waals surface area contributed by atoms with Gasteiger partial charge in [-0.2, -0.15) is 5.26 Å². The number of benzene rings is 4. The van der Waals surface area contributed by atoms with Gasteiger partial charge in [-0.1, -0.05) is 109 Å². The quantitative estimate of drug-likeness (QED) is 0.214. The van der Waals surface area contributed by atoms with Crippen molar-refractivity contribution in [2.75, 3.05) is 31.1 Å². The third-order valence-corrected chi connectivity index (χ3v) is 7.12. The van der Waals surface area contributed by atoms with Crippen LogP contribution in [0.5, 0.6) is 0 Å². The minimum absolute atomic E-state index is 0.120. The van der Waals surface area contributed by atoms with Gasteiger partial charge in [0.05, 0.1) is 6.04 Å². The van der Waals surface area contributed by atoms with Crippen molar-refractivity contribution >= 4 is 11.6 Å². The standard InChI is InChI=1S/C34H32N4O/c35-25-31(27-38(32-19-11-4-12-20-32)26-28-13-5-1-6-14-28)34(39)37-23-21-36(22-24-37)33(29-15-7-2-8-16-29)30-17-9-3-10-18-30/h1-20,27,33H,21-24,26H2/b31-27-. The Hall–Kier alpha value is -4.66. The Labute approximate surface area is 230 Å². The van der Waals surface area contributed by atoms with E-state index in [1.165, 1.54) is 11.1 Å². The Bertz CT molecular complexity index is 1370. The molecule has 1 amide bonds. The third kappa shape index (κ3) is 6.43. The second-order valence-corrected chi connectivity index (χ2v) is 9.66. The predicted molar refractivity (Wildman–Crippen MR) is 156 cm³/mol. The van der Waals surface area contributed by atoms with Gasteiger partial charge in [-0.15, -0.1) is 0 Å². The lowest BCUT2D eigenvalue weighted by Crippen LogP contribution is -2.50. The lowest BCUT2D eigenvalue weighted by Gasteiger charge is -2.39. The second kappa shape index (κ2) is 12.7. The van der Waals surface area contributed by atoms with Crippen LogP contribution in [-0.2, 0) is 11.3 Å². The molecule has 0 spiro atoms. The predicted octanol–water partition coefficient (Wildman–Crippen LogP) is 6.03. The van der Waals surface area contributed by atoms with Gasteiger partial charge in [-0.25, -0.2) is 0 Å². The van der Waals surface area contributed by atoms with Crippen LogP contribution in [0.2, 0.25) is 0 Å². The largest absolute Gasteiger partial charge is 0.342 e. The normalized spacial score (nSPS) is 14.2. The van der Waals surface area contributed by atoms with E-state index in [9.17, 15) is 10.1 Å². The fraction of sp³-hybridized carbons (Fsp3) is 0.176. The van der Waals surface area contributed by atoms with Crippen LogP contribution < -0.4 is 4.90 Å². The number of amides is 1. The number of anilines is 1. The van der Waals surface area contributed by atoms with Crippen LogP contribution in [0.15, 0.2) is 133 Å². The van der Waals surface area contributed by atoms with Gasteiger partial charge in [0.25, 0.3) is 5.91 Å². The average molecular weight is 513 g/mol. The van der Waals surface area contributed by atoms with Crippen molar-refractivity contribution in [3.63, 3.8) is 0 Å². The Kier molecular flexibility index (Phi) is 8.48. The Morgan fingerprint density at radius 3 is 1.74 bits per heavy atom. The molecule has 0 saturated carbocycles. The minimum atomic E-state index is -0.220. The van der Waals surface area contributed by atoms with Crippen molar-refractivity contribution in [1.82, 2.24) is 9.80 Å². The van der Waals surface area contributed by atoms with Crippen molar-refractivity contribution in [2.24, 2.45) is 0 Å². The van der Waals surface area contributed by atoms with Gasteiger partial charge in [-0.3, -0.25) is 9.69 Å². The molecule has 5 heteroatoms. The molecule has 1 saturated heterocycles. The van der Waals surface area contributed by atoms with Crippen molar-refractivity contribution in [1.29, 1.82) is 5.26 Å². The summed E-state index contributed by atoms with van der Waals surface area (Å²) < 4.78 is 0. The first-order valence-corrected chi connectivity index (χ1v) is 13.3. The molecule has 0 unspecified atom stereocenters. The molecule has 0 aliphatic carbocycles. The lowest BCUT2D eigenvalue weighted by atomic mass is 9.96. The molecule has 0 atom stereocenters. The van der Waals surface area contributed by atoms with Crippen LogP contribution in [0, 0.1) is 11.3 Å². The van der Waals surface area contributed by atoms with Crippen LogP contribution in [0.3, 0.4) is 0 Å². The van der Waals surface area contributed by atoms with Crippen molar-refractivity contribution in [3.8, 4) is 6.07 Å². The van der Waals surface area contributed by atoms with Gasteiger partial charge in [0.1, 0.15) is 11.6 Å². The van der Waals surface area contributed by atoms with E-state index in [2.05, 4.69) is 59.5 Å². The summed E-state index contributed by atoms with van der Waals surface area (Å²) in [5.74, 6) is -0.220. The molecule has 5 rings (SSSR count). The van der Waals surface area contributed by atoms with E-state index in [1.807, 2.05) is 82.6 Å². The lowest BCUT2D eigenvalue weighted by molar-refractivity contribution is -0.128. The Morgan fingerprint density at radius 2 is 1.23 bits per heavy atom. The molecular weight excluding hydrogens is 480 g/mol. The summed E-state index contributed by atoms with van der Waals surface area (Å²) in [6.07, 6.45) is 1.70. The molecule has 0 radical (unpaired) electrons. The first-order valence-electron chi connectivity index (χ1n) is 13.3. The smallest absolute Gasteiger partial charge is 0.266 e. The number of nitriles is 1. The van der Waals surface area contributed by atoms with Crippen LogP contribution in [0.4, 0.5) is 5.69 Å². The molecule has 4 aromatic rings. The second-order valence-electron chi connectivity index (χ2n) is 9.66. The highest BCUT2D eigenvalue weighted by molar-refractivity contribution is 5.97. The summed E-state index contributed by atoms with van der Waals surface area (Å²) in [4.78, 5) is 19.8. The fourth-order valence-corrected chi connectivity index (χ4v) is 5.14. The van der Waals surface area contributed by atoms with E-state index in [0.717, 1.165) is 24.3 Å². The zero-order valence-corrected chi connectivity index (χ0v) is 21.9. The van der Waals surface area contributed by atoms with Gasteiger partial charge < -0.3 is 9.80 Å². The highest BCUT2D eigenvalue weighted by Gasteiger charge is 2.29. The molecule has 5 nitrogen and oxygen atoms in total. The summed E-state index contributed by atoms with van der Waals surface area (Å²) in [5.41, 5.74) is 4.65. The van der Waals surface area contributed by atoms with Crippen molar-refractivity contribution in [3.05, 3.63) is 150 Å². The summed E-state index contributed by atoms with van der Waals surface area (Å²) in [6, 6.07) is 43.3. The van der Waals surface area contributed by atoms with E-state index in [-0.39, 0.29) is 17.5 Å². The number of carbonyl (C=O) groups excluding carboxylic acids is 1. The number of hydrogen-bond donors (Lipinski definition) is 0. The molecule has 194 valence electrons. The summed E-state index contributed by atoms with van der Waals surface area (Å²) in [5, 5.41) is 10.0. The minimum Gasteiger partial charge on any atom is -0.342 e. The van der Waals surface area contributed by atoms with Gasteiger partial charge in [0, 0.05) is 44.6 Å². The highest BCUT2D eigenvalue weighted by Crippen LogP contribution is 2.29. The van der Waals surface area contributed by atoms with E-state index >= 15 is 0 Å². The molecule has 4 aromatic carbocycles. The summed E-state index contributed by atoms with van der Waals surface area (Å²) in [6.45, 7) is 3.15. The molecule has 1 aliphatic rings. The number of para-hydroxylation sites is 1. The number of piperazine rings is 1. The first kappa shape index (κ1) is 26.0. The zero-order valence-electron chi connectivity index (χ0n) is 21.9. The van der Waals surface area contributed by atoms with E-state index < -0.39 is 0 Å². The van der Waals surface area contributed by atoms with Gasteiger partial charge in [0.15, 0.2) is 0 Å². The van der Waals surface area contributed by atoms with Gasteiger partial charge in [0.2, 0.25) is 0 Å². The maximum atomic E-state index is 13.6. The highest BCUT2D eigenvalue weighted by atomic mass is 16.2. The third-order valence-electron chi connectivity index (χ3n) is 7.12. The molecule has 0 N–H and O–H groups in total. The average Bonchev–Trinajstić information content (AvgIpc) is 3.01. The van der Waals surface area contributed by atoms with Crippen molar-refractivity contribution < 1.29 is 4.79 Å². The van der Waals surface area contributed by atoms with Crippen LogP contribution in [0.1, 0.15) is 22.7 Å². The van der Waals surface area contributed by atoms with Crippen LogP contribution in [0.25, 0.3) is 0 Å². The SMILES string of the molecule is N#C/C(=C/N(Cc1ccccc1)c1ccccc1)C(=O)N1CCN(C(c2ccccc2)c2ccccc2)CC1. The van der Waals surface area contributed by atoms with E-state index in [4.69, 9.17) is 0 Å². The molecule has 0 bridgehead atoms. The van der Waals surface area contributed by atoms with Gasteiger partial charge in [-0.05, 0) is 28.8 Å². The number of carbonyl (C=O) groups is 1. The van der Waals surface area contributed by atoms with Crippen LogP contribution in [-0.4, -0.2) is 41.9 Å². The first-order chi connectivity index (χ1) is 19.2. The monoisotopic (exact) mass is 512 g/mol. The molecule has 39 heavy (non-hydrogen) atoms. The maximum absolute atomic E-state index is 13.6. The Balaban J connectivity index is 1.33. The number of hydrogen-bond acceptors (Lipinski definition) is 4. The Morgan fingerprint density at radius 1 is 0.744 bits per heavy atom. The van der Waals surface area contributed by atoms with Crippen molar-refractivity contribution in [2.45, 2.75) is 12.6 Å². The summed E-state index contributed by atoms with van der Waals surface area (Å²) >= 11 is 0. The maximum Gasteiger partial charge on any atom is 0.266 e. The molecular formula is C34H32N4O. The molecule has 1 fully saturated rings. The number of nitrogens with zero attached hydrogens (tertiary/aromatic N) is 4. The number of rotatable bonds is 8. The van der Waals surface area contributed by atoms with E-state index in [0.29, 0.717) is 19.6 Å². The molecule has 1 heterocycles. The molecule has 1 aliphatic heterocycles. The zero-order chi connectivity index (χ0) is 26.9. The topological polar surface area (TPSA) is 50.6 Å². The van der Waals surface area contributed by atoms with Crippen LogP contribution >= 0.6 is 0 Å². The molecule has 0 aromatic heterocycles. The van der Waals surface area contributed by atoms with Gasteiger partial charge >= 0.3 is 0 Å². The fourth-order valence-electron chi connectivity index (χ4n) is 5.14. The summed E-state index contributed by atoms with van der Waals surface area (Å²) in [7, 11) is 0.